The van der Waals surface area contributed by atoms with E-state index in [1.807, 2.05) is 86.1 Å². The number of pyridine rings is 2. The molecule has 9 heteroatoms. The summed E-state index contributed by atoms with van der Waals surface area (Å²) in [6.07, 6.45) is 6.86. The second kappa shape index (κ2) is 14.4. The molecule has 0 radical (unpaired) electrons. The number of fused-ring (bicyclic) bond motifs is 2. The molecule has 0 aliphatic heterocycles. The van der Waals surface area contributed by atoms with E-state index in [-0.39, 0.29) is 5.82 Å². The Morgan fingerprint density at radius 3 is 1.82 bits per heavy atom. The molecule has 4 aromatic heterocycles. The molecule has 4 heterocycles. The van der Waals surface area contributed by atoms with Crippen LogP contribution in [0.1, 0.15) is 19.4 Å². The molecule has 0 aliphatic rings. The monoisotopic (exact) mass is 654 g/mol. The second-order valence-corrected chi connectivity index (χ2v) is 11.1. The predicted octanol–water partition coefficient (Wildman–Crippen LogP) is 10.3. The van der Waals surface area contributed by atoms with Gasteiger partial charge in [0.15, 0.2) is 11.6 Å². The van der Waals surface area contributed by atoms with Crippen molar-refractivity contribution in [2.24, 2.45) is 7.05 Å². The number of nitrogens with zero attached hydrogens (tertiary/aromatic N) is 5. The largest absolute Gasteiger partial charge is 0.344 e. The summed E-state index contributed by atoms with van der Waals surface area (Å²) in [7, 11) is 1.97. The fraction of sp³-hybridized carbons (Fsp3) is 0.100. The Balaban J connectivity index is 0.000000162. The van der Waals surface area contributed by atoms with Crippen molar-refractivity contribution in [2.75, 3.05) is 0 Å². The Labute approximate surface area is 282 Å². The number of aromatic nitrogens is 6. The summed E-state index contributed by atoms with van der Waals surface area (Å²) in [5.41, 5.74) is 9.06. The summed E-state index contributed by atoms with van der Waals surface area (Å²) in [6.45, 7) is 5.77. The van der Waals surface area contributed by atoms with Gasteiger partial charge in [0.2, 0.25) is 0 Å². The smallest absolute Gasteiger partial charge is 0.159 e. The Kier molecular flexibility index (Phi) is 9.62. The van der Waals surface area contributed by atoms with Crippen LogP contribution in [-0.2, 0) is 7.05 Å². The minimum Gasteiger partial charge on any atom is -0.344 e. The summed E-state index contributed by atoms with van der Waals surface area (Å²) < 4.78 is 42.2. The van der Waals surface area contributed by atoms with Gasteiger partial charge in [-0.3, -0.25) is 9.97 Å². The molecule has 8 aromatic rings. The fourth-order valence-electron chi connectivity index (χ4n) is 5.60. The second-order valence-electron chi connectivity index (χ2n) is 11.1. The maximum atomic E-state index is 13.6. The molecular formula is C40H33F3N6. The molecule has 1 N–H and O–H groups in total. The molecule has 0 fully saturated rings. The van der Waals surface area contributed by atoms with Crippen LogP contribution in [0.4, 0.5) is 13.2 Å². The van der Waals surface area contributed by atoms with Gasteiger partial charge in [0.1, 0.15) is 5.82 Å². The average molecular weight is 655 g/mol. The van der Waals surface area contributed by atoms with E-state index in [9.17, 15) is 13.2 Å². The van der Waals surface area contributed by atoms with E-state index in [4.69, 9.17) is 0 Å². The van der Waals surface area contributed by atoms with Crippen LogP contribution in [-0.4, -0.2) is 29.5 Å². The van der Waals surface area contributed by atoms with Crippen molar-refractivity contribution in [1.29, 1.82) is 0 Å². The van der Waals surface area contributed by atoms with Crippen LogP contribution in [0.2, 0.25) is 0 Å². The Bertz CT molecular complexity index is 2390. The first kappa shape index (κ1) is 32.8. The van der Waals surface area contributed by atoms with Gasteiger partial charge in [-0.1, -0.05) is 38.1 Å². The molecule has 49 heavy (non-hydrogen) atoms. The summed E-state index contributed by atoms with van der Waals surface area (Å²) in [5, 5.41) is 2.08. The first-order valence-corrected chi connectivity index (χ1v) is 15.8. The van der Waals surface area contributed by atoms with E-state index in [1.54, 1.807) is 38.0 Å². The van der Waals surface area contributed by atoms with Crippen molar-refractivity contribution in [3.05, 3.63) is 145 Å². The lowest BCUT2D eigenvalue weighted by Gasteiger charge is -2.09. The number of aryl methyl sites for hydroxylation is 2. The van der Waals surface area contributed by atoms with Crippen LogP contribution >= 0.6 is 0 Å². The van der Waals surface area contributed by atoms with Crippen LogP contribution in [0.25, 0.3) is 66.8 Å². The van der Waals surface area contributed by atoms with Crippen molar-refractivity contribution in [3.8, 4) is 45.0 Å². The molecule has 0 saturated heterocycles. The van der Waals surface area contributed by atoms with Crippen LogP contribution < -0.4 is 0 Å². The number of halogens is 3. The Morgan fingerprint density at radius 2 is 1.16 bits per heavy atom. The minimum absolute atomic E-state index is 0.201. The van der Waals surface area contributed by atoms with Gasteiger partial charge in [0, 0.05) is 52.5 Å². The molecule has 244 valence electrons. The number of rotatable bonds is 4. The van der Waals surface area contributed by atoms with Crippen molar-refractivity contribution >= 4 is 21.8 Å². The van der Waals surface area contributed by atoms with Crippen LogP contribution in [0.3, 0.4) is 0 Å². The maximum absolute atomic E-state index is 13.6. The third-order valence-corrected chi connectivity index (χ3v) is 7.97. The van der Waals surface area contributed by atoms with Gasteiger partial charge in [0.25, 0.3) is 0 Å². The molecule has 0 atom stereocenters. The van der Waals surface area contributed by atoms with Crippen molar-refractivity contribution in [3.63, 3.8) is 0 Å². The van der Waals surface area contributed by atoms with Gasteiger partial charge in [-0.05, 0) is 85.3 Å². The Hall–Kier alpha value is -6.09. The SMILES string of the molecule is CC.Cc1cc(-c2ncn(C)c2-c2ccc3ncccc3c2)ccc1F.Fc1ccc(-c2nc[nH]c2-c2ccc3ncccc3c2)cc1F. The third kappa shape index (κ3) is 6.82. The molecule has 6 nitrogen and oxygen atoms in total. The number of hydrogen-bond acceptors (Lipinski definition) is 4. The quantitative estimate of drug-likeness (QED) is 0.205. The highest BCUT2D eigenvalue weighted by molar-refractivity contribution is 5.88. The van der Waals surface area contributed by atoms with Gasteiger partial charge in [-0.25, -0.2) is 23.1 Å². The van der Waals surface area contributed by atoms with Crippen LogP contribution in [0.5, 0.6) is 0 Å². The van der Waals surface area contributed by atoms with Crippen LogP contribution in [0.15, 0.2) is 122 Å². The van der Waals surface area contributed by atoms with Gasteiger partial charge < -0.3 is 9.55 Å². The van der Waals surface area contributed by atoms with Gasteiger partial charge in [0.05, 0.1) is 46.5 Å². The third-order valence-electron chi connectivity index (χ3n) is 7.97. The number of aromatic amines is 1. The number of hydrogen-bond donors (Lipinski definition) is 1. The normalized spacial score (nSPS) is 10.8. The van der Waals surface area contributed by atoms with Gasteiger partial charge in [-0.15, -0.1) is 0 Å². The molecule has 0 aliphatic carbocycles. The lowest BCUT2D eigenvalue weighted by molar-refractivity contribution is 0.509. The lowest BCUT2D eigenvalue weighted by atomic mass is 10.0. The van der Waals surface area contributed by atoms with E-state index in [0.29, 0.717) is 16.8 Å². The van der Waals surface area contributed by atoms with E-state index in [2.05, 4.69) is 31.0 Å². The summed E-state index contributed by atoms with van der Waals surface area (Å²) in [5.74, 6) is -1.96. The summed E-state index contributed by atoms with van der Waals surface area (Å²) in [6, 6.07) is 28.7. The van der Waals surface area contributed by atoms with E-state index >= 15 is 0 Å². The number of benzene rings is 4. The van der Waals surface area contributed by atoms with Crippen LogP contribution in [0, 0.1) is 24.4 Å². The topological polar surface area (TPSA) is 72.3 Å². The molecule has 0 spiro atoms. The van der Waals surface area contributed by atoms with Gasteiger partial charge in [-0.2, -0.15) is 0 Å². The lowest BCUT2D eigenvalue weighted by Crippen LogP contribution is -1.93. The maximum Gasteiger partial charge on any atom is 0.159 e. The zero-order valence-electron chi connectivity index (χ0n) is 27.4. The summed E-state index contributed by atoms with van der Waals surface area (Å²) >= 11 is 0. The standard InChI is InChI=1S/C20H16FN3.C18H11F2N3.C2H6/c1-13-10-15(5-7-17(13)21)19-20(24(2)12-23-19)16-6-8-18-14(11-16)4-3-9-22-18;19-14-5-3-13(9-15(14)20)18-17(22-10-23-18)12-4-6-16-11(8-12)2-1-7-21-16;1-2/h3-12H,1-2H3;1-10H,(H,22,23);1-2H3. The van der Waals surface area contributed by atoms with E-state index in [1.165, 1.54) is 12.1 Å². The van der Waals surface area contributed by atoms with Crippen molar-refractivity contribution in [1.82, 2.24) is 29.5 Å². The van der Waals surface area contributed by atoms with E-state index < -0.39 is 11.6 Å². The highest BCUT2D eigenvalue weighted by Gasteiger charge is 2.16. The minimum atomic E-state index is -0.890. The fourth-order valence-corrected chi connectivity index (χ4v) is 5.60. The number of H-pyrrole nitrogens is 1. The zero-order chi connectivity index (χ0) is 34.5. The number of nitrogens with one attached hydrogen (secondary N) is 1. The molecule has 0 saturated carbocycles. The van der Waals surface area contributed by atoms with E-state index in [0.717, 1.165) is 67.7 Å². The molecule has 0 unspecified atom stereocenters. The predicted molar refractivity (Wildman–Crippen MR) is 190 cm³/mol. The first-order chi connectivity index (χ1) is 23.9. The Morgan fingerprint density at radius 1 is 0.571 bits per heavy atom. The van der Waals surface area contributed by atoms with Gasteiger partial charge >= 0.3 is 0 Å². The average Bonchev–Trinajstić information content (AvgIpc) is 3.79. The molecule has 8 rings (SSSR count). The molecule has 4 aromatic carbocycles. The number of imidazole rings is 2. The van der Waals surface area contributed by atoms with Crippen molar-refractivity contribution < 1.29 is 13.2 Å². The highest BCUT2D eigenvalue weighted by Crippen LogP contribution is 2.33. The molecule has 0 bridgehead atoms. The van der Waals surface area contributed by atoms with Crippen molar-refractivity contribution in [2.45, 2.75) is 20.8 Å². The summed E-state index contributed by atoms with van der Waals surface area (Å²) in [4.78, 5) is 20.5. The molecule has 0 amide bonds. The highest BCUT2D eigenvalue weighted by atomic mass is 19.2. The zero-order valence-corrected chi connectivity index (χ0v) is 27.4. The molecular weight excluding hydrogens is 621 g/mol. The first-order valence-electron chi connectivity index (χ1n) is 15.8.